The van der Waals surface area contributed by atoms with E-state index in [0.717, 1.165) is 19.4 Å². The molecule has 0 rings (SSSR count). The molecule has 1 nitrogen and oxygen atoms in total. The first-order valence-electron chi connectivity index (χ1n) is 6.08. The first kappa shape index (κ1) is 252. The quantitative estimate of drug-likeness (QED) is 0.226. The van der Waals surface area contributed by atoms with Crippen LogP contribution in [0.3, 0.4) is 0 Å². The Balaban J connectivity index is -0.00000000197. The van der Waals surface area contributed by atoms with Gasteiger partial charge in [-0.3, -0.25) is 0 Å². The van der Waals surface area contributed by atoms with Crippen LogP contribution in [0, 0.1) is 30.9 Å². The summed E-state index contributed by atoms with van der Waals surface area (Å²) < 4.78 is 2.83. The van der Waals surface area contributed by atoms with Gasteiger partial charge in [-0.1, -0.05) is 0 Å². The van der Waals surface area contributed by atoms with Gasteiger partial charge in [-0.15, -0.1) is 27.7 Å². The Hall–Kier alpha value is 20.7. The Labute approximate surface area is 785 Å². The molecule has 0 saturated heterocycles. The molecule has 0 aliphatic rings. The number of hydrogen-bond acceptors (Lipinski definition) is 1. The molecule has 0 aromatic rings. The van der Waals surface area contributed by atoms with Gasteiger partial charge >= 0.3 is 54.9 Å². The van der Waals surface area contributed by atoms with Crippen LogP contribution < -0.4 is 0 Å². The summed E-state index contributed by atoms with van der Waals surface area (Å²) in [5.41, 5.74) is 0. The zero-order valence-electron chi connectivity index (χ0n) is 26.7. The number of nitrogens with zero attached hydrogens (tertiary/aromatic N) is 1. The minimum absolute atomic E-state index is 0. The van der Waals surface area contributed by atoms with E-state index in [4.69, 9.17) is 6.58 Å². The average molecular weight is 5680 g/mol. The first-order chi connectivity index (χ1) is 10.7. The summed E-state index contributed by atoms with van der Waals surface area (Å²) >= 11 is 2.50. The van der Waals surface area contributed by atoms with Crippen LogP contribution in [-0.4, -0.2) is 15.5 Å². The zero-order valence-corrected chi connectivity index (χ0v) is 117. The van der Waals surface area contributed by atoms with E-state index in [1.54, 1.807) is 33.0 Å². The van der Waals surface area contributed by atoms with Crippen LogP contribution in [-0.2, 0) is 685 Å². The number of allylic oxidation sites excluding steroid dienone is 8. The summed E-state index contributed by atoms with van der Waals surface area (Å²) in [7, 11) is 0. The molecule has 0 spiro atoms. The third-order valence-corrected chi connectivity index (χ3v) is 1.00. The van der Waals surface area contributed by atoms with Crippen LogP contribution in [0.25, 0.3) is 0 Å². The van der Waals surface area contributed by atoms with Gasteiger partial charge in [0.05, 0.1) is 0 Å². The summed E-state index contributed by atoms with van der Waals surface area (Å²) in [6, 6.07) is 0. The van der Waals surface area contributed by atoms with Gasteiger partial charge in [-0.2, -0.15) is 6.21 Å². The van der Waals surface area contributed by atoms with Gasteiger partial charge in [-0.05, 0) is 0 Å². The molecule has 0 aromatic carbocycles. The van der Waals surface area contributed by atoms with Crippen molar-refractivity contribution in [2.75, 3.05) is 0 Å². The van der Waals surface area contributed by atoms with E-state index >= 15 is 0 Å². The van der Waals surface area contributed by atoms with Gasteiger partial charge in [0.15, 0.2) is 0 Å². The maximum atomic E-state index is 4.90. The van der Waals surface area contributed by atoms with E-state index in [0.29, 0.717) is 0 Å². The maximum Gasteiger partial charge on any atom is 0 e. The number of hydrogen-bond donors (Lipinski definition) is 0. The molecular weight excluding hydrogens is 5660 g/mol. The predicted octanol–water partition coefficient (Wildman–Crippen LogP) is 4.39. The molecule has 0 aliphatic heterocycles. The Bertz CT molecular complexity index is 325. The third-order valence-electron chi connectivity index (χ3n) is 1.00. The SMILES string of the molecule is C[C-]=CC=[C-]C.C[C-]=CN=[C-]C.C[C-]=[W].[CH-]=CC=[C-]C.[CH-]=[W].[W].[W].[W].[W].[W].[W].[W].[W].[W].[W].[W].[W].[W].[W].[W].[W].[W].[W].[W].[W].[W].[W].[W].[W].[W].[W].[Y].[Y].[Y]. The van der Waals surface area contributed by atoms with Gasteiger partial charge in [0, 0.05) is 646 Å². The van der Waals surface area contributed by atoms with Crippen molar-refractivity contribution < 1.29 is 685 Å². The van der Waals surface area contributed by atoms with Crippen molar-refractivity contribution in [1.82, 2.24) is 0 Å². The van der Waals surface area contributed by atoms with Crippen LogP contribution in [0.5, 0.6) is 0 Å². The number of aliphatic imine (C=N–C) groups is 1. The second-order valence-electron chi connectivity index (χ2n) is 2.53. The van der Waals surface area contributed by atoms with Gasteiger partial charge in [-0.25, -0.2) is 6.92 Å². The van der Waals surface area contributed by atoms with Crippen LogP contribution in [0.1, 0.15) is 41.5 Å². The van der Waals surface area contributed by atoms with Crippen molar-refractivity contribution in [3.63, 3.8) is 0 Å². The van der Waals surface area contributed by atoms with Crippen LogP contribution in [0.15, 0.2) is 35.5 Å². The Morgan fingerprint density at radius 1 is 0.373 bits per heavy atom. The first-order valence-corrected chi connectivity index (χ1v) is 9.24. The van der Waals surface area contributed by atoms with Gasteiger partial charge in [0.2, 0.25) is 0 Å². The molecule has 0 heterocycles. The second-order valence-corrected chi connectivity index (χ2v) is 4.00. The van der Waals surface area contributed by atoms with Gasteiger partial charge in [0.25, 0.3) is 0 Å². The normalized spacial score (nSPS) is 3.96. The minimum Gasteiger partial charge on any atom is 0 e. The predicted molar refractivity (Wildman–Crippen MR) is 92.7 cm³/mol. The summed E-state index contributed by atoms with van der Waals surface area (Å²) in [4.78, 5) is 8.19. The second kappa shape index (κ2) is 321. The molecule has 0 atom stereocenters. The monoisotopic (exact) mass is 5680 g/mol. The van der Waals surface area contributed by atoms with Gasteiger partial charge in [0.1, 0.15) is 0 Å². The Kier molecular flexibility index (Phi) is 1590. The molecule has 0 fully saturated rings. The van der Waals surface area contributed by atoms with E-state index < -0.39 is 0 Å². The van der Waals surface area contributed by atoms with E-state index in [2.05, 4.69) is 44.8 Å². The number of rotatable bonds is 3. The fraction of sp³-hybridized carbons (Fsp3) is 0.316. The smallest absolute Gasteiger partial charge is 0 e. The molecule has 32 heteroatoms. The minimum atomic E-state index is 0. The molecule has 0 aliphatic carbocycles. The largest absolute Gasteiger partial charge is 0 e. The van der Waals surface area contributed by atoms with E-state index in [1.807, 2.05) is 32.9 Å². The van der Waals surface area contributed by atoms with Crippen molar-refractivity contribution in [1.29, 1.82) is 0 Å². The summed E-state index contributed by atoms with van der Waals surface area (Å²) in [5.74, 6) is 0. The Morgan fingerprint density at radius 3 is 0.569 bits per heavy atom. The van der Waals surface area contributed by atoms with Crippen molar-refractivity contribution in [2.45, 2.75) is 41.5 Å². The summed E-state index contributed by atoms with van der Waals surface area (Å²) in [6.45, 7) is 15.8. The van der Waals surface area contributed by atoms with Crippen molar-refractivity contribution >= 4 is 15.5 Å². The molecule has 51 heavy (non-hydrogen) atoms. The fourth-order valence-electron chi connectivity index (χ4n) is 0.392. The molecular formula is C19H25NW28Y3-8. The standard InChI is InChI=1S/C6H8.C5H7N.C5H6.C2H3.CH.28W.3Y/c2*1-3-5-6-4-2;1-3-5-4-2;1-2;;;;;;;;;;;;;;;;;;;;;;;;;;;;;;;;/h5-6H,1-2H3;5H,1-2H3;1,3,5H,2H3;1H3;1H;;;;;;;;;;;;;;;;;;;;;;;;;;;;;;;/q3*-2;2*-1;;;;;;;;;;;;;;;;;;;;;;;;;;;;;;;. The van der Waals surface area contributed by atoms with Crippen molar-refractivity contribution in [3.8, 4) is 0 Å². The molecule has 3 radical (unpaired) electrons. The molecule has 0 unspecified atom stereocenters. The van der Waals surface area contributed by atoms with E-state index in [9.17, 15) is 0 Å². The average Bonchev–Trinajstić information content (AvgIpc) is 2.55. The zero-order chi connectivity index (χ0) is 18.5. The Morgan fingerprint density at radius 2 is 0.529 bits per heavy atom. The fourth-order valence-corrected chi connectivity index (χ4v) is 0.392. The van der Waals surface area contributed by atoms with Gasteiger partial charge < -0.3 is 66.4 Å². The molecule has 0 bridgehead atoms. The molecule has 291 valence electrons. The molecule has 0 N–H and O–H groups in total. The maximum absolute atomic E-state index is 4.90. The van der Waals surface area contributed by atoms with Crippen molar-refractivity contribution in [3.05, 3.63) is 61.4 Å². The van der Waals surface area contributed by atoms with Crippen LogP contribution >= 0.6 is 0 Å². The topological polar surface area (TPSA) is 12.4 Å². The van der Waals surface area contributed by atoms with Crippen molar-refractivity contribution in [2.24, 2.45) is 4.99 Å². The van der Waals surface area contributed by atoms with E-state index in [1.165, 1.54) is 25.4 Å². The van der Waals surface area contributed by atoms with Crippen LogP contribution in [0.2, 0.25) is 0 Å². The molecule has 0 aromatic heterocycles. The van der Waals surface area contributed by atoms with Crippen LogP contribution in [0.4, 0.5) is 0 Å². The third kappa shape index (κ3) is 405. The summed E-state index contributed by atoms with van der Waals surface area (Å²) in [5, 5.41) is 0. The molecule has 0 amide bonds. The molecule has 0 saturated carbocycles. The van der Waals surface area contributed by atoms with E-state index in [-0.39, 0.29) is 646 Å². The summed E-state index contributed by atoms with van der Waals surface area (Å²) in [6.07, 6.45) is 22.0.